The fourth-order valence-electron chi connectivity index (χ4n) is 2.80. The molecule has 0 aliphatic carbocycles. The molecule has 0 heterocycles. The molecule has 29 heavy (non-hydrogen) atoms. The number of hydrogen-bond donors (Lipinski definition) is 0. The average Bonchev–Trinajstić information content (AvgIpc) is 2.69. The Morgan fingerprint density at radius 1 is 1.07 bits per heavy atom. The molecule has 0 bridgehead atoms. The fourth-order valence-corrected chi connectivity index (χ4v) is 4.18. The van der Waals surface area contributed by atoms with Gasteiger partial charge in [-0.25, -0.2) is 13.2 Å². The molecule has 0 fully saturated rings. The monoisotopic (exact) mass is 419 g/mol. The van der Waals surface area contributed by atoms with E-state index in [1.54, 1.807) is 70.3 Å². The molecule has 2 rings (SSSR count). The zero-order chi connectivity index (χ0) is 21.7. The summed E-state index contributed by atoms with van der Waals surface area (Å²) in [5, 5.41) is 0. The highest BCUT2D eigenvalue weighted by molar-refractivity contribution is 7.89. The van der Waals surface area contributed by atoms with Gasteiger partial charge in [-0.1, -0.05) is 30.3 Å². The van der Waals surface area contributed by atoms with E-state index in [2.05, 4.69) is 0 Å². The molecule has 0 spiro atoms. The van der Waals surface area contributed by atoms with Crippen molar-refractivity contribution in [1.82, 2.24) is 4.31 Å². The maximum Gasteiger partial charge on any atom is 0.349 e. The van der Waals surface area contributed by atoms with Gasteiger partial charge in [-0.15, -0.1) is 0 Å². The summed E-state index contributed by atoms with van der Waals surface area (Å²) in [6, 6.07) is 15.4. The SMILES string of the molecule is CCOC(=O)C(C)(C)Oc1ccc(CC(C)N(C)S(=O)(=O)c2ccccc2)cc1. The Morgan fingerprint density at radius 3 is 2.21 bits per heavy atom. The molecule has 0 aromatic heterocycles. The van der Waals surface area contributed by atoms with E-state index < -0.39 is 21.6 Å². The van der Waals surface area contributed by atoms with Crippen molar-refractivity contribution in [3.05, 3.63) is 60.2 Å². The smallest absolute Gasteiger partial charge is 0.349 e. The van der Waals surface area contributed by atoms with Crippen LogP contribution < -0.4 is 4.74 Å². The van der Waals surface area contributed by atoms with Crippen molar-refractivity contribution in [3.8, 4) is 5.75 Å². The van der Waals surface area contributed by atoms with Crippen LogP contribution in [0, 0.1) is 0 Å². The molecule has 0 saturated heterocycles. The Labute approximate surface area is 173 Å². The minimum atomic E-state index is -3.55. The van der Waals surface area contributed by atoms with Gasteiger partial charge in [-0.2, -0.15) is 4.31 Å². The summed E-state index contributed by atoms with van der Waals surface area (Å²) < 4.78 is 37.7. The molecule has 2 aromatic carbocycles. The lowest BCUT2D eigenvalue weighted by Crippen LogP contribution is -2.39. The first-order valence-corrected chi connectivity index (χ1v) is 11.0. The van der Waals surface area contributed by atoms with Gasteiger partial charge in [-0.3, -0.25) is 0 Å². The molecule has 7 heteroatoms. The topological polar surface area (TPSA) is 72.9 Å². The third-order valence-electron chi connectivity index (χ3n) is 4.64. The number of carbonyl (C=O) groups is 1. The van der Waals surface area contributed by atoms with Crippen molar-refractivity contribution in [2.75, 3.05) is 13.7 Å². The summed E-state index contributed by atoms with van der Waals surface area (Å²) >= 11 is 0. The molecule has 0 aliphatic heterocycles. The minimum absolute atomic E-state index is 0.233. The van der Waals surface area contributed by atoms with E-state index in [1.807, 2.05) is 19.1 Å². The zero-order valence-corrected chi connectivity index (χ0v) is 18.4. The first-order valence-electron chi connectivity index (χ1n) is 9.56. The maximum atomic E-state index is 12.8. The van der Waals surface area contributed by atoms with Crippen LogP contribution in [0.3, 0.4) is 0 Å². The summed E-state index contributed by atoms with van der Waals surface area (Å²) in [5.41, 5.74) is -0.122. The quantitative estimate of drug-likeness (QED) is 0.580. The van der Waals surface area contributed by atoms with Crippen LogP contribution in [0.4, 0.5) is 0 Å². The highest BCUT2D eigenvalue weighted by atomic mass is 32.2. The Balaban J connectivity index is 2.04. The molecule has 1 atom stereocenters. The molecule has 0 saturated carbocycles. The summed E-state index contributed by atoms with van der Waals surface area (Å²) in [6.07, 6.45) is 0.546. The van der Waals surface area contributed by atoms with Crippen LogP contribution in [0.1, 0.15) is 33.3 Å². The van der Waals surface area contributed by atoms with Crippen molar-refractivity contribution in [1.29, 1.82) is 0 Å². The summed E-state index contributed by atoms with van der Waals surface area (Å²) in [6.45, 7) is 7.23. The highest BCUT2D eigenvalue weighted by Crippen LogP contribution is 2.22. The Hall–Kier alpha value is -2.38. The van der Waals surface area contributed by atoms with Crippen LogP contribution >= 0.6 is 0 Å². The molecule has 0 radical (unpaired) electrons. The third-order valence-corrected chi connectivity index (χ3v) is 6.62. The van der Waals surface area contributed by atoms with E-state index in [9.17, 15) is 13.2 Å². The normalized spacial score (nSPS) is 13.2. The number of rotatable bonds is 9. The molecule has 6 nitrogen and oxygen atoms in total. The third kappa shape index (κ3) is 5.81. The lowest BCUT2D eigenvalue weighted by molar-refractivity contribution is -0.158. The lowest BCUT2D eigenvalue weighted by atomic mass is 10.1. The second-order valence-electron chi connectivity index (χ2n) is 7.36. The average molecular weight is 420 g/mol. The van der Waals surface area contributed by atoms with E-state index in [1.165, 1.54) is 4.31 Å². The Kier molecular flexibility index (Phi) is 7.43. The molecule has 0 amide bonds. The number of ether oxygens (including phenoxy) is 2. The number of hydrogen-bond acceptors (Lipinski definition) is 5. The van der Waals surface area contributed by atoms with Gasteiger partial charge in [0.05, 0.1) is 11.5 Å². The first-order chi connectivity index (χ1) is 13.6. The highest BCUT2D eigenvalue weighted by Gasteiger charge is 2.31. The van der Waals surface area contributed by atoms with Gasteiger partial charge >= 0.3 is 5.97 Å². The van der Waals surface area contributed by atoms with Crippen molar-refractivity contribution in [3.63, 3.8) is 0 Å². The lowest BCUT2D eigenvalue weighted by Gasteiger charge is -2.25. The number of benzene rings is 2. The number of likely N-dealkylation sites (N-methyl/N-ethyl adjacent to an activating group) is 1. The summed E-state index contributed by atoms with van der Waals surface area (Å²) in [7, 11) is -1.96. The predicted octanol–water partition coefficient (Wildman–Crippen LogP) is 3.66. The summed E-state index contributed by atoms with van der Waals surface area (Å²) in [4.78, 5) is 12.2. The fraction of sp³-hybridized carbons (Fsp3) is 0.409. The molecule has 1 unspecified atom stereocenters. The second-order valence-corrected chi connectivity index (χ2v) is 9.36. The van der Waals surface area contributed by atoms with Crippen molar-refractivity contribution in [2.45, 2.75) is 50.7 Å². The van der Waals surface area contributed by atoms with Gasteiger partial charge in [0.2, 0.25) is 10.0 Å². The van der Waals surface area contributed by atoms with Crippen LogP contribution in [0.2, 0.25) is 0 Å². The standard InChI is InChI=1S/C22H29NO5S/c1-6-27-21(24)22(3,4)28-19-14-12-18(13-15-19)16-17(2)23(5)29(25,26)20-10-8-7-9-11-20/h7-15,17H,6,16H2,1-5H3. The number of nitrogens with zero attached hydrogens (tertiary/aromatic N) is 1. The Morgan fingerprint density at radius 2 is 1.66 bits per heavy atom. The van der Waals surface area contributed by atoms with Crippen LogP contribution in [0.25, 0.3) is 0 Å². The zero-order valence-electron chi connectivity index (χ0n) is 17.6. The van der Waals surface area contributed by atoms with E-state index >= 15 is 0 Å². The van der Waals surface area contributed by atoms with E-state index in [0.717, 1.165) is 5.56 Å². The molecule has 0 aliphatic rings. The van der Waals surface area contributed by atoms with Gasteiger partial charge in [-0.05, 0) is 63.9 Å². The van der Waals surface area contributed by atoms with E-state index in [-0.39, 0.29) is 10.9 Å². The van der Waals surface area contributed by atoms with Crippen molar-refractivity contribution >= 4 is 16.0 Å². The predicted molar refractivity (Wildman–Crippen MR) is 112 cm³/mol. The maximum absolute atomic E-state index is 12.8. The number of carbonyl (C=O) groups excluding carboxylic acids is 1. The molecule has 2 aromatic rings. The van der Waals surface area contributed by atoms with E-state index in [0.29, 0.717) is 18.8 Å². The molecular weight excluding hydrogens is 390 g/mol. The van der Waals surface area contributed by atoms with Crippen molar-refractivity contribution < 1.29 is 22.7 Å². The van der Waals surface area contributed by atoms with Gasteiger partial charge in [0.15, 0.2) is 5.60 Å². The first kappa shape index (κ1) is 22.9. The van der Waals surface area contributed by atoms with Crippen LogP contribution in [0.5, 0.6) is 5.75 Å². The van der Waals surface area contributed by atoms with Crippen LogP contribution in [0.15, 0.2) is 59.5 Å². The van der Waals surface area contributed by atoms with Gasteiger partial charge in [0.25, 0.3) is 0 Å². The Bertz CT molecular complexity index is 908. The number of sulfonamides is 1. The van der Waals surface area contributed by atoms with Gasteiger partial charge in [0.1, 0.15) is 5.75 Å². The minimum Gasteiger partial charge on any atom is -0.476 e. The van der Waals surface area contributed by atoms with Gasteiger partial charge in [0, 0.05) is 13.1 Å². The molecule has 0 N–H and O–H groups in total. The van der Waals surface area contributed by atoms with Crippen molar-refractivity contribution in [2.24, 2.45) is 0 Å². The van der Waals surface area contributed by atoms with E-state index in [4.69, 9.17) is 9.47 Å². The largest absolute Gasteiger partial charge is 0.476 e. The molecule has 158 valence electrons. The molecular formula is C22H29NO5S. The van der Waals surface area contributed by atoms with Crippen LogP contribution in [-0.2, 0) is 26.0 Å². The van der Waals surface area contributed by atoms with Gasteiger partial charge < -0.3 is 9.47 Å². The van der Waals surface area contributed by atoms with Crippen LogP contribution in [-0.4, -0.2) is 44.0 Å². The number of esters is 1. The summed E-state index contributed by atoms with van der Waals surface area (Å²) in [5.74, 6) is 0.121. The second kappa shape index (κ2) is 9.41.